The highest BCUT2D eigenvalue weighted by Gasteiger charge is 2.30. The van der Waals surface area contributed by atoms with Crippen molar-refractivity contribution in [2.24, 2.45) is 0 Å². The molecule has 0 saturated carbocycles. The standard InChI is InChI=1S/C25H21F2N3O3/c26-19-8-6-16(7-9-19)11-21-14-28-24(32-21)18-4-2-10-30(15-18)25(31)23-13-22(29-33-23)17-3-1-5-20(27)12-17/h1,3,5-9,12-14,18H,2,4,10-11,15H2. The van der Waals surface area contributed by atoms with E-state index in [9.17, 15) is 13.6 Å². The normalized spacial score (nSPS) is 16.2. The van der Waals surface area contributed by atoms with Gasteiger partial charge in [-0.05, 0) is 42.7 Å². The van der Waals surface area contributed by atoms with Crippen molar-refractivity contribution in [2.75, 3.05) is 13.1 Å². The highest BCUT2D eigenvalue weighted by molar-refractivity contribution is 5.92. The minimum Gasteiger partial charge on any atom is -0.445 e. The molecule has 1 amide bonds. The molecule has 0 spiro atoms. The Balaban J connectivity index is 1.26. The molecule has 3 heterocycles. The predicted octanol–water partition coefficient (Wildman–Crippen LogP) is 5.22. The monoisotopic (exact) mass is 449 g/mol. The number of nitrogens with zero attached hydrogens (tertiary/aromatic N) is 3. The lowest BCUT2D eigenvalue weighted by Gasteiger charge is -2.30. The molecule has 1 unspecified atom stereocenters. The van der Waals surface area contributed by atoms with E-state index >= 15 is 0 Å². The molecule has 1 fully saturated rings. The summed E-state index contributed by atoms with van der Waals surface area (Å²) in [7, 11) is 0. The summed E-state index contributed by atoms with van der Waals surface area (Å²) in [5.41, 5.74) is 1.88. The van der Waals surface area contributed by atoms with Crippen LogP contribution >= 0.6 is 0 Å². The van der Waals surface area contributed by atoms with Crippen molar-refractivity contribution >= 4 is 5.91 Å². The molecule has 2 aromatic heterocycles. The Bertz CT molecular complexity index is 1270. The topological polar surface area (TPSA) is 72.4 Å². The smallest absolute Gasteiger partial charge is 0.292 e. The first-order valence-electron chi connectivity index (χ1n) is 10.8. The van der Waals surface area contributed by atoms with Crippen LogP contribution in [0.3, 0.4) is 0 Å². The van der Waals surface area contributed by atoms with Gasteiger partial charge in [0.2, 0.25) is 5.76 Å². The van der Waals surface area contributed by atoms with Crippen LogP contribution in [0.25, 0.3) is 11.3 Å². The largest absolute Gasteiger partial charge is 0.445 e. The van der Waals surface area contributed by atoms with Gasteiger partial charge in [-0.25, -0.2) is 13.8 Å². The summed E-state index contributed by atoms with van der Waals surface area (Å²) in [6.07, 6.45) is 3.85. The quantitative estimate of drug-likeness (QED) is 0.418. The molecule has 6 nitrogen and oxygen atoms in total. The summed E-state index contributed by atoms with van der Waals surface area (Å²) in [5.74, 6) is 0.422. The zero-order chi connectivity index (χ0) is 22.8. The molecular weight excluding hydrogens is 428 g/mol. The minimum atomic E-state index is -0.382. The molecule has 4 aromatic rings. The number of carbonyl (C=O) groups is 1. The van der Waals surface area contributed by atoms with E-state index in [2.05, 4.69) is 10.1 Å². The van der Waals surface area contributed by atoms with Gasteiger partial charge in [-0.15, -0.1) is 0 Å². The van der Waals surface area contributed by atoms with Crippen LogP contribution in [0.4, 0.5) is 8.78 Å². The Hall–Kier alpha value is -3.81. The molecule has 1 aliphatic rings. The van der Waals surface area contributed by atoms with Gasteiger partial charge in [-0.1, -0.05) is 29.4 Å². The maximum atomic E-state index is 13.5. The van der Waals surface area contributed by atoms with Gasteiger partial charge in [0, 0.05) is 31.1 Å². The van der Waals surface area contributed by atoms with E-state index in [1.54, 1.807) is 35.4 Å². The van der Waals surface area contributed by atoms with Crippen molar-refractivity contribution < 1.29 is 22.5 Å². The van der Waals surface area contributed by atoms with Crippen LogP contribution in [0.1, 0.15) is 46.5 Å². The number of halogens is 2. The predicted molar refractivity (Wildman–Crippen MR) is 115 cm³/mol. The molecule has 0 N–H and O–H groups in total. The van der Waals surface area contributed by atoms with Gasteiger partial charge in [-0.3, -0.25) is 4.79 Å². The van der Waals surface area contributed by atoms with Gasteiger partial charge in [0.25, 0.3) is 5.91 Å². The first-order chi connectivity index (χ1) is 16.0. The van der Waals surface area contributed by atoms with E-state index < -0.39 is 0 Å². The molecule has 2 aromatic carbocycles. The van der Waals surface area contributed by atoms with E-state index in [0.29, 0.717) is 42.4 Å². The van der Waals surface area contributed by atoms with Crippen molar-refractivity contribution in [3.63, 3.8) is 0 Å². The van der Waals surface area contributed by atoms with Crippen LogP contribution in [-0.4, -0.2) is 34.0 Å². The second kappa shape index (κ2) is 8.97. The average Bonchev–Trinajstić information content (AvgIpc) is 3.51. The number of amides is 1. The maximum absolute atomic E-state index is 13.5. The van der Waals surface area contributed by atoms with E-state index in [1.807, 2.05) is 0 Å². The van der Waals surface area contributed by atoms with Gasteiger partial charge in [0.1, 0.15) is 23.1 Å². The van der Waals surface area contributed by atoms with Gasteiger partial charge < -0.3 is 13.8 Å². The Kier molecular flexibility index (Phi) is 5.73. The molecule has 1 atom stereocenters. The second-order valence-electron chi connectivity index (χ2n) is 8.15. The Morgan fingerprint density at radius 1 is 1.09 bits per heavy atom. The fourth-order valence-corrected chi connectivity index (χ4v) is 4.08. The maximum Gasteiger partial charge on any atom is 0.292 e. The molecule has 168 valence electrons. The molecular formula is C25H21F2N3O3. The van der Waals surface area contributed by atoms with Crippen LogP contribution in [0.5, 0.6) is 0 Å². The SMILES string of the molecule is O=C(c1cc(-c2cccc(F)c2)no1)N1CCCC(c2ncc(Cc3ccc(F)cc3)o2)C1. The first-order valence-corrected chi connectivity index (χ1v) is 10.8. The summed E-state index contributed by atoms with van der Waals surface area (Å²) >= 11 is 0. The van der Waals surface area contributed by atoms with Crippen molar-refractivity contribution in [1.82, 2.24) is 15.0 Å². The molecule has 8 heteroatoms. The zero-order valence-electron chi connectivity index (χ0n) is 17.7. The Morgan fingerprint density at radius 3 is 2.76 bits per heavy atom. The molecule has 5 rings (SSSR count). The van der Waals surface area contributed by atoms with Crippen molar-refractivity contribution in [3.8, 4) is 11.3 Å². The number of aromatic nitrogens is 2. The molecule has 33 heavy (non-hydrogen) atoms. The first kappa shape index (κ1) is 21.1. The summed E-state index contributed by atoms with van der Waals surface area (Å²) in [6, 6.07) is 13.8. The van der Waals surface area contributed by atoms with Crippen molar-refractivity contribution in [3.05, 3.63) is 95.4 Å². The summed E-state index contributed by atoms with van der Waals surface area (Å²) in [6.45, 7) is 1.04. The summed E-state index contributed by atoms with van der Waals surface area (Å²) < 4.78 is 37.8. The van der Waals surface area contributed by atoms with Gasteiger partial charge >= 0.3 is 0 Å². The van der Waals surface area contributed by atoms with Gasteiger partial charge in [-0.2, -0.15) is 0 Å². The summed E-state index contributed by atoms with van der Waals surface area (Å²) in [4.78, 5) is 19.1. The molecule has 1 aliphatic heterocycles. The third kappa shape index (κ3) is 4.69. The number of likely N-dealkylation sites (tertiary alicyclic amines) is 1. The average molecular weight is 449 g/mol. The van der Waals surface area contributed by atoms with Crippen LogP contribution in [0.2, 0.25) is 0 Å². The van der Waals surface area contributed by atoms with Crippen LogP contribution in [-0.2, 0) is 6.42 Å². The highest BCUT2D eigenvalue weighted by Crippen LogP contribution is 2.29. The lowest BCUT2D eigenvalue weighted by molar-refractivity contribution is 0.0656. The van der Waals surface area contributed by atoms with Gasteiger partial charge in [0.05, 0.1) is 12.1 Å². The minimum absolute atomic E-state index is 0.0321. The number of rotatable bonds is 5. The lowest BCUT2D eigenvalue weighted by Crippen LogP contribution is -2.39. The zero-order valence-corrected chi connectivity index (χ0v) is 17.7. The van der Waals surface area contributed by atoms with Crippen LogP contribution in [0, 0.1) is 11.6 Å². The molecule has 1 saturated heterocycles. The number of hydrogen-bond acceptors (Lipinski definition) is 5. The third-order valence-electron chi connectivity index (χ3n) is 5.76. The Morgan fingerprint density at radius 2 is 1.94 bits per heavy atom. The van der Waals surface area contributed by atoms with Crippen LogP contribution < -0.4 is 0 Å². The number of oxazole rings is 1. The van der Waals surface area contributed by atoms with Crippen molar-refractivity contribution in [1.29, 1.82) is 0 Å². The molecule has 0 bridgehead atoms. The van der Waals surface area contributed by atoms with E-state index in [1.165, 1.54) is 30.3 Å². The van der Waals surface area contributed by atoms with E-state index in [4.69, 9.17) is 8.94 Å². The highest BCUT2D eigenvalue weighted by atomic mass is 19.1. The van der Waals surface area contributed by atoms with E-state index in [0.717, 1.165) is 18.4 Å². The van der Waals surface area contributed by atoms with E-state index in [-0.39, 0.29) is 29.2 Å². The van der Waals surface area contributed by atoms with Crippen LogP contribution in [0.15, 0.2) is 69.7 Å². The third-order valence-corrected chi connectivity index (χ3v) is 5.76. The molecule has 0 radical (unpaired) electrons. The molecule has 0 aliphatic carbocycles. The summed E-state index contributed by atoms with van der Waals surface area (Å²) in [5, 5.41) is 3.93. The van der Waals surface area contributed by atoms with Crippen molar-refractivity contribution in [2.45, 2.75) is 25.2 Å². The second-order valence-corrected chi connectivity index (χ2v) is 8.15. The lowest BCUT2D eigenvalue weighted by atomic mass is 9.98. The fraction of sp³-hybridized carbons (Fsp3) is 0.240. The Labute approximate surface area is 188 Å². The number of carbonyl (C=O) groups excluding carboxylic acids is 1. The van der Waals surface area contributed by atoms with Gasteiger partial charge in [0.15, 0.2) is 5.89 Å². The number of piperidine rings is 1. The number of benzene rings is 2. The fourth-order valence-electron chi connectivity index (χ4n) is 4.08. The number of hydrogen-bond donors (Lipinski definition) is 0.